The number of hydrogen-bond acceptors (Lipinski definition) is 5. The maximum absolute atomic E-state index is 13.2. The average molecular weight is 472 g/mol. The highest BCUT2D eigenvalue weighted by Gasteiger charge is 2.28. The lowest BCUT2D eigenvalue weighted by atomic mass is 9.89. The second-order valence-corrected chi connectivity index (χ2v) is 10.5. The Hall–Kier alpha value is -3.04. The third kappa shape index (κ3) is 4.30. The summed E-state index contributed by atoms with van der Waals surface area (Å²) in [7, 11) is 2.23. The summed E-state index contributed by atoms with van der Waals surface area (Å²) in [5, 5.41) is 1.15. The summed E-state index contributed by atoms with van der Waals surface area (Å²) in [4.78, 5) is 18.3. The minimum Gasteiger partial charge on any atom is -0.497 e. The first-order chi connectivity index (χ1) is 15.8. The van der Waals surface area contributed by atoms with Crippen LogP contribution in [0.1, 0.15) is 34.7 Å². The standard InChI is InChI=1S/C24H29N3O5S/c1-26(2)33(29,30)23-13-17(5-8-22(23)32-4)24(28)27-11-9-16(10-12-27)20-15-25-21-7-6-18(31-3)14-19(20)21/h5-8,13-16,25H,9-12H2,1-4H3. The second-order valence-electron chi connectivity index (χ2n) is 8.38. The van der Waals surface area contributed by atoms with Gasteiger partial charge in [0.1, 0.15) is 16.4 Å². The van der Waals surface area contributed by atoms with Gasteiger partial charge < -0.3 is 19.4 Å². The molecular weight excluding hydrogens is 442 g/mol. The van der Waals surface area contributed by atoms with E-state index in [0.29, 0.717) is 24.6 Å². The lowest BCUT2D eigenvalue weighted by molar-refractivity contribution is 0.0713. The summed E-state index contributed by atoms with van der Waals surface area (Å²) in [5.74, 6) is 1.19. The van der Waals surface area contributed by atoms with Crippen LogP contribution < -0.4 is 9.47 Å². The van der Waals surface area contributed by atoms with Crippen molar-refractivity contribution in [2.75, 3.05) is 41.4 Å². The molecule has 0 saturated carbocycles. The van der Waals surface area contributed by atoms with Gasteiger partial charge in [-0.2, -0.15) is 0 Å². The number of nitrogens with one attached hydrogen (secondary N) is 1. The summed E-state index contributed by atoms with van der Waals surface area (Å²) < 4.78 is 37.1. The zero-order chi connectivity index (χ0) is 23.8. The largest absolute Gasteiger partial charge is 0.497 e. The number of fused-ring (bicyclic) bond motifs is 1. The van der Waals surface area contributed by atoms with Crippen LogP contribution in [0.5, 0.6) is 11.5 Å². The molecule has 1 N–H and O–H groups in total. The number of amides is 1. The molecule has 2 heterocycles. The predicted molar refractivity (Wildman–Crippen MR) is 127 cm³/mol. The number of hydrogen-bond donors (Lipinski definition) is 1. The highest BCUT2D eigenvalue weighted by Crippen LogP contribution is 2.35. The van der Waals surface area contributed by atoms with Gasteiger partial charge in [-0.1, -0.05) is 0 Å². The Morgan fingerprint density at radius 3 is 2.42 bits per heavy atom. The lowest BCUT2D eigenvalue weighted by Crippen LogP contribution is -2.38. The molecule has 2 aromatic carbocycles. The van der Waals surface area contributed by atoms with Crippen LogP contribution >= 0.6 is 0 Å². The molecule has 3 aromatic rings. The van der Waals surface area contributed by atoms with Gasteiger partial charge in [0, 0.05) is 49.8 Å². The van der Waals surface area contributed by atoms with Gasteiger partial charge in [-0.3, -0.25) is 4.79 Å². The van der Waals surface area contributed by atoms with Gasteiger partial charge in [-0.25, -0.2) is 12.7 Å². The van der Waals surface area contributed by atoms with E-state index in [2.05, 4.69) is 4.98 Å². The van der Waals surface area contributed by atoms with E-state index in [1.54, 1.807) is 18.1 Å². The third-order valence-electron chi connectivity index (χ3n) is 6.31. The molecule has 9 heteroatoms. The Balaban J connectivity index is 1.52. The maximum atomic E-state index is 13.2. The van der Waals surface area contributed by atoms with Crippen molar-refractivity contribution >= 4 is 26.8 Å². The van der Waals surface area contributed by atoms with E-state index in [-0.39, 0.29) is 16.6 Å². The number of benzene rings is 2. The first-order valence-corrected chi connectivity index (χ1v) is 12.2. The highest BCUT2D eigenvalue weighted by atomic mass is 32.2. The molecule has 0 atom stereocenters. The van der Waals surface area contributed by atoms with Crippen molar-refractivity contribution in [2.24, 2.45) is 0 Å². The van der Waals surface area contributed by atoms with Crippen LogP contribution in [-0.4, -0.2) is 69.9 Å². The minimum atomic E-state index is -3.75. The van der Waals surface area contributed by atoms with Crippen LogP contribution in [0.15, 0.2) is 47.5 Å². The van der Waals surface area contributed by atoms with Crippen LogP contribution in [-0.2, 0) is 10.0 Å². The molecule has 1 saturated heterocycles. The van der Waals surface area contributed by atoms with Crippen LogP contribution in [0.2, 0.25) is 0 Å². The molecule has 1 aliphatic rings. The lowest BCUT2D eigenvalue weighted by Gasteiger charge is -2.32. The van der Waals surface area contributed by atoms with Crippen molar-refractivity contribution in [2.45, 2.75) is 23.7 Å². The summed E-state index contributed by atoms with van der Waals surface area (Å²) in [6, 6.07) is 10.6. The molecule has 4 rings (SSSR count). The molecule has 33 heavy (non-hydrogen) atoms. The average Bonchev–Trinajstić information content (AvgIpc) is 3.26. The number of nitrogens with zero attached hydrogens (tertiary/aromatic N) is 2. The van der Waals surface area contributed by atoms with E-state index in [9.17, 15) is 13.2 Å². The number of aromatic amines is 1. The molecular formula is C24H29N3O5S. The fourth-order valence-electron chi connectivity index (χ4n) is 4.37. The van der Waals surface area contributed by atoms with Gasteiger partial charge in [0.25, 0.3) is 5.91 Å². The number of carbonyl (C=O) groups excluding carboxylic acids is 1. The van der Waals surface area contributed by atoms with Crippen LogP contribution in [0.4, 0.5) is 0 Å². The fourth-order valence-corrected chi connectivity index (χ4v) is 5.45. The zero-order valence-electron chi connectivity index (χ0n) is 19.3. The van der Waals surface area contributed by atoms with Gasteiger partial charge in [0.2, 0.25) is 10.0 Å². The van der Waals surface area contributed by atoms with Crippen molar-refractivity contribution < 1.29 is 22.7 Å². The third-order valence-corrected chi connectivity index (χ3v) is 8.15. The molecule has 176 valence electrons. The van der Waals surface area contributed by atoms with E-state index in [1.807, 2.05) is 24.4 Å². The monoisotopic (exact) mass is 471 g/mol. The smallest absolute Gasteiger partial charge is 0.253 e. The zero-order valence-corrected chi connectivity index (χ0v) is 20.1. The molecule has 0 radical (unpaired) electrons. The van der Waals surface area contributed by atoms with Crippen LogP contribution in [0, 0.1) is 0 Å². The molecule has 0 aliphatic carbocycles. The van der Waals surface area contributed by atoms with Crippen molar-refractivity contribution in [1.29, 1.82) is 0 Å². The van der Waals surface area contributed by atoms with Crippen molar-refractivity contribution in [3.8, 4) is 11.5 Å². The summed E-state index contributed by atoms with van der Waals surface area (Å²) in [5.41, 5.74) is 2.64. The number of carbonyl (C=O) groups is 1. The molecule has 1 fully saturated rings. The predicted octanol–water partition coefficient (Wildman–Crippen LogP) is 3.46. The van der Waals surface area contributed by atoms with Crippen molar-refractivity contribution in [3.05, 3.63) is 53.7 Å². The molecule has 8 nitrogen and oxygen atoms in total. The number of H-pyrrole nitrogens is 1. The fraction of sp³-hybridized carbons (Fsp3) is 0.375. The Labute approximate surface area is 194 Å². The molecule has 0 bridgehead atoms. The van der Waals surface area contributed by atoms with E-state index in [0.717, 1.165) is 33.8 Å². The molecule has 1 aliphatic heterocycles. The summed E-state index contributed by atoms with van der Waals surface area (Å²) in [6.07, 6.45) is 3.71. The van der Waals surface area contributed by atoms with E-state index in [1.165, 1.54) is 38.9 Å². The Morgan fingerprint density at radius 1 is 1.06 bits per heavy atom. The Kier molecular flexibility index (Phi) is 6.36. The van der Waals surface area contributed by atoms with Gasteiger partial charge >= 0.3 is 0 Å². The minimum absolute atomic E-state index is 0.0107. The van der Waals surface area contributed by atoms with Crippen molar-refractivity contribution in [1.82, 2.24) is 14.2 Å². The van der Waals surface area contributed by atoms with Crippen LogP contribution in [0.3, 0.4) is 0 Å². The van der Waals surface area contributed by atoms with E-state index >= 15 is 0 Å². The Bertz CT molecular complexity index is 1270. The molecule has 1 amide bonds. The first kappa shape index (κ1) is 23.1. The quantitative estimate of drug-likeness (QED) is 0.595. The van der Waals surface area contributed by atoms with Gasteiger partial charge in [-0.15, -0.1) is 0 Å². The van der Waals surface area contributed by atoms with Gasteiger partial charge in [0.05, 0.1) is 14.2 Å². The molecule has 0 unspecified atom stereocenters. The van der Waals surface area contributed by atoms with Gasteiger partial charge in [-0.05, 0) is 60.7 Å². The normalized spacial score (nSPS) is 15.2. The Morgan fingerprint density at radius 2 is 1.79 bits per heavy atom. The number of likely N-dealkylation sites (tertiary alicyclic amines) is 1. The maximum Gasteiger partial charge on any atom is 0.253 e. The molecule has 1 aromatic heterocycles. The van der Waals surface area contributed by atoms with Gasteiger partial charge in [0.15, 0.2) is 0 Å². The van der Waals surface area contributed by atoms with E-state index in [4.69, 9.17) is 9.47 Å². The summed E-state index contributed by atoms with van der Waals surface area (Å²) >= 11 is 0. The number of methoxy groups -OCH3 is 2. The van der Waals surface area contributed by atoms with Crippen molar-refractivity contribution in [3.63, 3.8) is 0 Å². The van der Waals surface area contributed by atoms with E-state index < -0.39 is 10.0 Å². The number of rotatable bonds is 6. The number of piperidine rings is 1. The SMILES string of the molecule is COc1ccc2[nH]cc(C3CCN(C(=O)c4ccc(OC)c(S(=O)(=O)N(C)C)c4)CC3)c2c1. The van der Waals surface area contributed by atoms with Crippen LogP contribution in [0.25, 0.3) is 10.9 Å². The number of sulfonamides is 1. The highest BCUT2D eigenvalue weighted by molar-refractivity contribution is 7.89. The molecule has 0 spiro atoms. The number of aromatic nitrogens is 1. The summed E-state index contributed by atoms with van der Waals surface area (Å²) in [6.45, 7) is 1.20. The number of ether oxygens (including phenoxy) is 2. The second kappa shape index (κ2) is 9.07. The first-order valence-electron chi connectivity index (χ1n) is 10.8. The topological polar surface area (TPSA) is 91.9 Å².